The van der Waals surface area contributed by atoms with Crippen LogP contribution in [0.4, 0.5) is 0 Å². The molecule has 0 atom stereocenters. The van der Waals surface area contributed by atoms with E-state index in [1.165, 1.54) is 16.9 Å². The Morgan fingerprint density at radius 1 is 0.963 bits per heavy atom. The molecule has 3 rings (SSSR count). The van der Waals surface area contributed by atoms with E-state index in [0.29, 0.717) is 10.6 Å². The predicted molar refractivity (Wildman–Crippen MR) is 108 cm³/mol. The molecule has 0 unspecified atom stereocenters. The maximum Gasteiger partial charge on any atom is 0.281 e. The fourth-order valence-corrected chi connectivity index (χ4v) is 3.60. The van der Waals surface area contributed by atoms with E-state index in [-0.39, 0.29) is 18.2 Å². The van der Waals surface area contributed by atoms with Crippen LogP contribution in [-0.2, 0) is 11.2 Å². The normalized spacial score (nSPS) is 10.5. The van der Waals surface area contributed by atoms with Gasteiger partial charge in [-0.1, -0.05) is 48.5 Å². The molecule has 2 aromatic carbocycles. The summed E-state index contributed by atoms with van der Waals surface area (Å²) >= 11 is 1.31. The Bertz CT molecular complexity index is 980. The number of aromatic nitrogens is 1. The number of carbonyl (C=O) groups excluding carboxylic acids is 2. The smallest absolute Gasteiger partial charge is 0.273 e. The Kier molecular flexibility index (Phi) is 5.66. The van der Waals surface area contributed by atoms with Gasteiger partial charge in [-0.3, -0.25) is 20.4 Å². The summed E-state index contributed by atoms with van der Waals surface area (Å²) < 4.78 is 0. The highest BCUT2D eigenvalue weighted by Crippen LogP contribution is 2.27. The van der Waals surface area contributed by atoms with Gasteiger partial charge in [-0.25, -0.2) is 4.98 Å². The molecule has 138 valence electrons. The lowest BCUT2D eigenvalue weighted by atomic mass is 10.0. The first-order valence-electron chi connectivity index (χ1n) is 8.62. The number of aryl methyl sites for hydroxylation is 3. The first kappa shape index (κ1) is 18.8. The van der Waals surface area contributed by atoms with E-state index in [2.05, 4.69) is 15.8 Å². The monoisotopic (exact) mass is 379 g/mol. The van der Waals surface area contributed by atoms with Crippen LogP contribution in [0.3, 0.4) is 0 Å². The molecule has 0 aliphatic rings. The zero-order valence-electron chi connectivity index (χ0n) is 15.5. The summed E-state index contributed by atoms with van der Waals surface area (Å²) in [4.78, 5) is 29.5. The van der Waals surface area contributed by atoms with Gasteiger partial charge in [-0.2, -0.15) is 0 Å². The van der Waals surface area contributed by atoms with Crippen LogP contribution >= 0.6 is 11.3 Å². The molecule has 0 radical (unpaired) electrons. The van der Waals surface area contributed by atoms with Crippen LogP contribution in [-0.4, -0.2) is 16.8 Å². The lowest BCUT2D eigenvalue weighted by molar-refractivity contribution is -0.121. The van der Waals surface area contributed by atoms with Crippen LogP contribution in [0.15, 0.2) is 48.5 Å². The molecule has 2 N–H and O–H groups in total. The van der Waals surface area contributed by atoms with Gasteiger partial charge in [0.2, 0.25) is 5.91 Å². The first-order chi connectivity index (χ1) is 12.9. The third-order valence-electron chi connectivity index (χ3n) is 4.28. The van der Waals surface area contributed by atoms with Crippen molar-refractivity contribution in [2.24, 2.45) is 0 Å². The van der Waals surface area contributed by atoms with Crippen LogP contribution in [0.2, 0.25) is 0 Å². The molecule has 0 fully saturated rings. The third kappa shape index (κ3) is 4.60. The Morgan fingerprint density at radius 3 is 2.41 bits per heavy atom. The van der Waals surface area contributed by atoms with Gasteiger partial charge < -0.3 is 0 Å². The van der Waals surface area contributed by atoms with Gasteiger partial charge >= 0.3 is 0 Å². The van der Waals surface area contributed by atoms with E-state index in [0.717, 1.165) is 21.7 Å². The van der Waals surface area contributed by atoms with Crippen molar-refractivity contribution in [2.75, 3.05) is 0 Å². The maximum atomic E-state index is 12.4. The van der Waals surface area contributed by atoms with E-state index in [1.807, 2.05) is 62.4 Å². The highest BCUT2D eigenvalue weighted by atomic mass is 32.1. The number of nitrogens with zero attached hydrogens (tertiary/aromatic N) is 1. The molecular weight excluding hydrogens is 358 g/mol. The van der Waals surface area contributed by atoms with Crippen LogP contribution in [0.25, 0.3) is 10.6 Å². The average Bonchev–Trinajstić information content (AvgIpc) is 3.05. The molecule has 0 saturated heterocycles. The number of carbonyl (C=O) groups is 2. The molecule has 1 aromatic heterocycles. The Labute approximate surface area is 162 Å². The first-order valence-corrected chi connectivity index (χ1v) is 9.44. The summed E-state index contributed by atoms with van der Waals surface area (Å²) in [6, 6.07) is 15.6. The number of amides is 2. The molecule has 3 aromatic rings. The van der Waals surface area contributed by atoms with E-state index in [9.17, 15) is 9.59 Å². The van der Waals surface area contributed by atoms with E-state index < -0.39 is 0 Å². The Balaban J connectivity index is 1.61. The molecule has 0 saturated carbocycles. The molecule has 0 spiro atoms. The molecular formula is C21H21N3O2S. The number of hydrazine groups is 1. The van der Waals surface area contributed by atoms with Gasteiger partial charge in [0.05, 0.1) is 12.1 Å². The van der Waals surface area contributed by atoms with Crippen molar-refractivity contribution < 1.29 is 9.59 Å². The summed E-state index contributed by atoms with van der Waals surface area (Å²) in [5.41, 5.74) is 9.79. The Morgan fingerprint density at radius 2 is 1.70 bits per heavy atom. The molecule has 0 aliphatic carbocycles. The van der Waals surface area contributed by atoms with Crippen molar-refractivity contribution in [1.82, 2.24) is 15.8 Å². The lowest BCUT2D eigenvalue weighted by Crippen LogP contribution is -2.42. The standard InChI is InChI=1S/C21H21N3O2S/c1-13-9-10-16(11-14(13)2)12-18(25)23-24-20(26)19-15(3)22-21(27-19)17-7-5-4-6-8-17/h4-11H,12H2,1-3H3,(H,23,25)(H,24,26). The zero-order chi connectivity index (χ0) is 19.4. The zero-order valence-corrected chi connectivity index (χ0v) is 16.3. The van der Waals surface area contributed by atoms with E-state index >= 15 is 0 Å². The van der Waals surface area contributed by atoms with Gasteiger partial charge in [0.15, 0.2) is 0 Å². The highest BCUT2D eigenvalue weighted by Gasteiger charge is 2.16. The minimum Gasteiger partial charge on any atom is -0.273 e. The molecule has 2 amide bonds. The van der Waals surface area contributed by atoms with Gasteiger partial charge in [0.25, 0.3) is 5.91 Å². The summed E-state index contributed by atoms with van der Waals surface area (Å²) in [6.07, 6.45) is 0.207. The van der Waals surface area contributed by atoms with Crippen LogP contribution < -0.4 is 10.9 Å². The van der Waals surface area contributed by atoms with Gasteiger partial charge in [-0.05, 0) is 37.5 Å². The van der Waals surface area contributed by atoms with E-state index in [1.54, 1.807) is 6.92 Å². The van der Waals surface area contributed by atoms with Crippen molar-refractivity contribution in [2.45, 2.75) is 27.2 Å². The number of hydrogen-bond donors (Lipinski definition) is 2. The molecule has 0 aliphatic heterocycles. The van der Waals surface area contributed by atoms with Gasteiger partial charge in [0.1, 0.15) is 9.88 Å². The number of benzene rings is 2. The summed E-state index contributed by atoms with van der Waals surface area (Å²) in [5.74, 6) is -0.627. The SMILES string of the molecule is Cc1ccc(CC(=O)NNC(=O)c2sc(-c3ccccc3)nc2C)cc1C. The fourth-order valence-electron chi connectivity index (χ4n) is 2.64. The predicted octanol–water partition coefficient (Wildman–Crippen LogP) is 3.74. The topological polar surface area (TPSA) is 71.1 Å². The van der Waals surface area contributed by atoms with Crippen LogP contribution in [0, 0.1) is 20.8 Å². The minimum atomic E-state index is -0.361. The largest absolute Gasteiger partial charge is 0.281 e. The van der Waals surface area contributed by atoms with Crippen molar-refractivity contribution in [3.63, 3.8) is 0 Å². The number of thiazole rings is 1. The number of rotatable bonds is 4. The average molecular weight is 379 g/mol. The van der Waals surface area contributed by atoms with Crippen LogP contribution in [0.1, 0.15) is 32.1 Å². The second-order valence-corrected chi connectivity index (χ2v) is 7.40. The molecule has 5 nitrogen and oxygen atoms in total. The summed E-state index contributed by atoms with van der Waals surface area (Å²) in [7, 11) is 0. The second kappa shape index (κ2) is 8.14. The van der Waals surface area contributed by atoms with Gasteiger partial charge in [-0.15, -0.1) is 11.3 Å². The van der Waals surface area contributed by atoms with Crippen molar-refractivity contribution >= 4 is 23.2 Å². The molecule has 27 heavy (non-hydrogen) atoms. The molecule has 6 heteroatoms. The molecule has 1 heterocycles. The number of hydrogen-bond acceptors (Lipinski definition) is 4. The maximum absolute atomic E-state index is 12.4. The highest BCUT2D eigenvalue weighted by molar-refractivity contribution is 7.17. The quantitative estimate of drug-likeness (QED) is 0.679. The minimum absolute atomic E-state index is 0.207. The van der Waals surface area contributed by atoms with Crippen LogP contribution in [0.5, 0.6) is 0 Å². The van der Waals surface area contributed by atoms with Crippen molar-refractivity contribution in [3.8, 4) is 10.6 Å². The lowest BCUT2D eigenvalue weighted by Gasteiger charge is -2.08. The van der Waals surface area contributed by atoms with Gasteiger partial charge in [0, 0.05) is 5.56 Å². The fraction of sp³-hybridized carbons (Fsp3) is 0.190. The summed E-state index contributed by atoms with van der Waals surface area (Å²) in [6.45, 7) is 5.82. The number of nitrogens with one attached hydrogen (secondary N) is 2. The summed E-state index contributed by atoms with van der Waals surface area (Å²) in [5, 5.41) is 0.778. The van der Waals surface area contributed by atoms with Crippen molar-refractivity contribution in [3.05, 3.63) is 75.8 Å². The Hall–Kier alpha value is -2.99. The molecule has 0 bridgehead atoms. The third-order valence-corrected chi connectivity index (χ3v) is 5.48. The van der Waals surface area contributed by atoms with Crippen molar-refractivity contribution in [1.29, 1.82) is 0 Å². The second-order valence-electron chi connectivity index (χ2n) is 6.40. The van der Waals surface area contributed by atoms with E-state index in [4.69, 9.17) is 0 Å².